The third-order valence-corrected chi connectivity index (χ3v) is 6.26. The fourth-order valence-corrected chi connectivity index (χ4v) is 4.50. The van der Waals surface area contributed by atoms with Crippen LogP contribution in [0.2, 0.25) is 0 Å². The fraction of sp³-hybridized carbons (Fsp3) is 0.250. The van der Waals surface area contributed by atoms with Gasteiger partial charge in [0.25, 0.3) is 5.91 Å². The molecule has 1 aromatic heterocycles. The summed E-state index contributed by atoms with van der Waals surface area (Å²) >= 11 is 1.35. The number of hydrogen-bond acceptors (Lipinski definition) is 6. The predicted octanol–water partition coefficient (Wildman–Crippen LogP) is 4.08. The molecule has 0 spiro atoms. The molecule has 3 aromatic rings. The van der Waals surface area contributed by atoms with Gasteiger partial charge in [0.15, 0.2) is 0 Å². The highest BCUT2D eigenvalue weighted by atomic mass is 32.1. The van der Waals surface area contributed by atoms with E-state index in [2.05, 4.69) is 0 Å². The molecule has 1 aliphatic rings. The molecule has 0 bridgehead atoms. The number of nitrogens with zero attached hydrogens (tertiary/aromatic N) is 1. The molecule has 1 amide bonds. The predicted molar refractivity (Wildman–Crippen MR) is 117 cm³/mol. The van der Waals surface area contributed by atoms with Crippen LogP contribution in [0, 0.1) is 0 Å². The molecular formula is C24H23NO5S. The normalized spacial score (nSPS) is 15.2. The van der Waals surface area contributed by atoms with E-state index in [-0.39, 0.29) is 5.91 Å². The van der Waals surface area contributed by atoms with Gasteiger partial charge in [-0.25, -0.2) is 4.79 Å². The van der Waals surface area contributed by atoms with Crippen molar-refractivity contribution in [2.24, 2.45) is 0 Å². The molecule has 0 fully saturated rings. The highest BCUT2D eigenvalue weighted by molar-refractivity contribution is 7.12. The number of carbonyl (C=O) groups excluding carboxylic acids is 2. The summed E-state index contributed by atoms with van der Waals surface area (Å²) in [5.74, 6) is 0.832. The van der Waals surface area contributed by atoms with Crippen LogP contribution in [0.4, 0.5) is 0 Å². The van der Waals surface area contributed by atoms with Gasteiger partial charge >= 0.3 is 5.97 Å². The molecule has 0 aliphatic carbocycles. The SMILES string of the molecule is COC(=O)C1Cc2ccccc2CN1C(=O)c1cc(COc2cccc(OC)c2)cs1. The van der Waals surface area contributed by atoms with Crippen LogP contribution in [0.15, 0.2) is 60.0 Å². The second-order valence-electron chi connectivity index (χ2n) is 7.23. The van der Waals surface area contributed by atoms with Crippen LogP contribution in [0.5, 0.6) is 11.5 Å². The summed E-state index contributed by atoms with van der Waals surface area (Å²) in [4.78, 5) is 27.9. The Labute approximate surface area is 185 Å². The van der Waals surface area contributed by atoms with Gasteiger partial charge in [-0.2, -0.15) is 0 Å². The minimum atomic E-state index is -0.633. The number of rotatable bonds is 6. The van der Waals surface area contributed by atoms with Crippen molar-refractivity contribution < 1.29 is 23.8 Å². The number of methoxy groups -OCH3 is 2. The zero-order valence-electron chi connectivity index (χ0n) is 17.4. The van der Waals surface area contributed by atoms with E-state index in [1.165, 1.54) is 18.4 Å². The fourth-order valence-electron chi connectivity index (χ4n) is 3.65. The van der Waals surface area contributed by atoms with Crippen molar-refractivity contribution in [1.82, 2.24) is 4.90 Å². The van der Waals surface area contributed by atoms with Crippen molar-refractivity contribution in [3.63, 3.8) is 0 Å². The molecule has 2 aromatic carbocycles. The van der Waals surface area contributed by atoms with Crippen molar-refractivity contribution in [2.75, 3.05) is 14.2 Å². The van der Waals surface area contributed by atoms with Crippen LogP contribution in [0.1, 0.15) is 26.4 Å². The van der Waals surface area contributed by atoms with Crippen LogP contribution in [0.25, 0.3) is 0 Å². The number of carbonyl (C=O) groups is 2. The molecule has 2 heterocycles. The van der Waals surface area contributed by atoms with Gasteiger partial charge in [0, 0.05) is 24.6 Å². The summed E-state index contributed by atoms with van der Waals surface area (Å²) in [6, 6.07) is 16.4. The van der Waals surface area contributed by atoms with Crippen LogP contribution in [0.3, 0.4) is 0 Å². The van der Waals surface area contributed by atoms with Gasteiger partial charge in [-0.15, -0.1) is 11.3 Å². The van der Waals surface area contributed by atoms with E-state index in [1.54, 1.807) is 12.0 Å². The minimum Gasteiger partial charge on any atom is -0.497 e. The topological polar surface area (TPSA) is 65.1 Å². The van der Waals surface area contributed by atoms with Gasteiger partial charge in [0.05, 0.1) is 19.1 Å². The standard InChI is InChI=1S/C24H23NO5S/c1-28-19-8-5-9-20(12-19)30-14-16-10-22(31-15-16)23(26)25-13-18-7-4-3-6-17(18)11-21(25)24(27)29-2/h3-10,12,15,21H,11,13-14H2,1-2H3. The molecule has 1 aliphatic heterocycles. The van der Waals surface area contributed by atoms with Crippen LogP contribution >= 0.6 is 11.3 Å². The number of amides is 1. The monoisotopic (exact) mass is 437 g/mol. The molecule has 31 heavy (non-hydrogen) atoms. The molecule has 1 unspecified atom stereocenters. The summed E-state index contributed by atoms with van der Waals surface area (Å²) in [5, 5.41) is 1.90. The number of thiophene rings is 1. The Morgan fingerprint density at radius 2 is 1.81 bits per heavy atom. The molecule has 1 atom stereocenters. The van der Waals surface area contributed by atoms with Gasteiger partial charge in [-0.1, -0.05) is 30.3 Å². The summed E-state index contributed by atoms with van der Waals surface area (Å²) in [6.45, 7) is 0.711. The maximum absolute atomic E-state index is 13.3. The van der Waals surface area contributed by atoms with E-state index in [9.17, 15) is 9.59 Å². The second kappa shape index (κ2) is 9.22. The lowest BCUT2D eigenvalue weighted by Crippen LogP contribution is -2.49. The first kappa shape index (κ1) is 20.9. The lowest BCUT2D eigenvalue weighted by Gasteiger charge is -2.34. The first-order chi connectivity index (χ1) is 15.1. The van der Waals surface area contributed by atoms with Crippen LogP contribution in [-0.2, 0) is 29.1 Å². The average molecular weight is 438 g/mol. The largest absolute Gasteiger partial charge is 0.497 e. The lowest BCUT2D eigenvalue weighted by molar-refractivity contribution is -0.146. The van der Waals surface area contributed by atoms with E-state index in [4.69, 9.17) is 14.2 Å². The van der Waals surface area contributed by atoms with Crippen LogP contribution in [-0.4, -0.2) is 37.0 Å². The Morgan fingerprint density at radius 1 is 1.03 bits per heavy atom. The Hall–Kier alpha value is -3.32. The molecule has 0 N–H and O–H groups in total. The summed E-state index contributed by atoms with van der Waals surface area (Å²) < 4.78 is 16.0. The van der Waals surface area contributed by atoms with Crippen molar-refractivity contribution in [3.05, 3.63) is 81.5 Å². The van der Waals surface area contributed by atoms with Crippen molar-refractivity contribution >= 4 is 23.2 Å². The Balaban J connectivity index is 1.49. The lowest BCUT2D eigenvalue weighted by atomic mass is 9.93. The third kappa shape index (κ3) is 4.56. The molecule has 160 valence electrons. The van der Waals surface area contributed by atoms with Gasteiger partial charge in [-0.3, -0.25) is 4.79 Å². The molecule has 7 heteroatoms. The highest BCUT2D eigenvalue weighted by Crippen LogP contribution is 2.28. The second-order valence-corrected chi connectivity index (χ2v) is 8.14. The van der Waals surface area contributed by atoms with E-state index in [0.29, 0.717) is 30.2 Å². The smallest absolute Gasteiger partial charge is 0.328 e. The number of ether oxygens (including phenoxy) is 3. The van der Waals surface area contributed by atoms with E-state index in [0.717, 1.165) is 22.4 Å². The molecular weight excluding hydrogens is 414 g/mol. The van der Waals surface area contributed by atoms with E-state index in [1.807, 2.05) is 60.0 Å². The number of hydrogen-bond donors (Lipinski definition) is 0. The van der Waals surface area contributed by atoms with E-state index >= 15 is 0 Å². The summed E-state index contributed by atoms with van der Waals surface area (Å²) in [6.07, 6.45) is 0.450. The average Bonchev–Trinajstić information content (AvgIpc) is 3.30. The number of fused-ring (bicyclic) bond motifs is 1. The Bertz CT molecular complexity index is 1090. The Morgan fingerprint density at radius 3 is 2.58 bits per heavy atom. The zero-order valence-corrected chi connectivity index (χ0v) is 18.2. The Kier molecular flexibility index (Phi) is 6.23. The number of esters is 1. The van der Waals surface area contributed by atoms with Crippen molar-refractivity contribution in [3.8, 4) is 11.5 Å². The number of benzene rings is 2. The van der Waals surface area contributed by atoms with Gasteiger partial charge < -0.3 is 19.1 Å². The van der Waals surface area contributed by atoms with Crippen molar-refractivity contribution in [2.45, 2.75) is 25.6 Å². The molecule has 4 rings (SSSR count). The molecule has 0 radical (unpaired) electrons. The first-order valence-corrected chi connectivity index (χ1v) is 10.8. The summed E-state index contributed by atoms with van der Waals surface area (Å²) in [7, 11) is 2.96. The molecule has 0 saturated carbocycles. The maximum atomic E-state index is 13.3. The van der Waals surface area contributed by atoms with Gasteiger partial charge in [0.1, 0.15) is 24.1 Å². The zero-order chi connectivity index (χ0) is 21.8. The highest BCUT2D eigenvalue weighted by Gasteiger charge is 2.36. The van der Waals surface area contributed by atoms with E-state index < -0.39 is 12.0 Å². The van der Waals surface area contributed by atoms with Gasteiger partial charge in [-0.05, 0) is 34.7 Å². The van der Waals surface area contributed by atoms with Crippen LogP contribution < -0.4 is 9.47 Å². The quantitative estimate of drug-likeness (QED) is 0.544. The molecule has 6 nitrogen and oxygen atoms in total. The third-order valence-electron chi connectivity index (χ3n) is 5.29. The summed E-state index contributed by atoms with van der Waals surface area (Å²) in [5.41, 5.74) is 3.01. The first-order valence-electron chi connectivity index (χ1n) is 9.89. The maximum Gasteiger partial charge on any atom is 0.328 e. The van der Waals surface area contributed by atoms with Gasteiger partial charge in [0.2, 0.25) is 0 Å². The van der Waals surface area contributed by atoms with Crippen molar-refractivity contribution in [1.29, 1.82) is 0 Å². The minimum absolute atomic E-state index is 0.178. The molecule has 0 saturated heterocycles.